The molecular weight excluding hydrogens is 318 g/mol. The highest BCUT2D eigenvalue weighted by atomic mass is 32.1. The number of aromatic nitrogens is 1. The first-order valence-corrected chi connectivity index (χ1v) is 9.48. The molecule has 0 aliphatic carbocycles. The van der Waals surface area contributed by atoms with Crippen LogP contribution in [0, 0.1) is 0 Å². The Bertz CT molecular complexity index is 675. The molecular formula is C19H25N3OS. The van der Waals surface area contributed by atoms with Crippen molar-refractivity contribution >= 4 is 17.2 Å². The molecule has 0 atom stereocenters. The van der Waals surface area contributed by atoms with Crippen molar-refractivity contribution in [2.24, 2.45) is 0 Å². The molecule has 2 heterocycles. The Morgan fingerprint density at radius 1 is 1.21 bits per heavy atom. The highest BCUT2D eigenvalue weighted by molar-refractivity contribution is 7.13. The normalized spacial score (nSPS) is 16.1. The number of amides is 1. The van der Waals surface area contributed by atoms with E-state index in [2.05, 4.69) is 29.0 Å². The molecule has 1 aromatic heterocycles. The van der Waals surface area contributed by atoms with E-state index < -0.39 is 0 Å². The number of rotatable bonds is 5. The van der Waals surface area contributed by atoms with Crippen LogP contribution in [0.3, 0.4) is 0 Å². The molecule has 0 saturated carbocycles. The minimum atomic E-state index is -0.0847. The van der Waals surface area contributed by atoms with Crippen molar-refractivity contribution in [3.05, 3.63) is 41.4 Å². The molecule has 0 radical (unpaired) electrons. The van der Waals surface area contributed by atoms with Gasteiger partial charge < -0.3 is 5.32 Å². The second kappa shape index (κ2) is 7.45. The van der Waals surface area contributed by atoms with E-state index in [1.807, 2.05) is 35.7 Å². The molecule has 1 N–H and O–H groups in total. The third-order valence-corrected chi connectivity index (χ3v) is 5.54. The summed E-state index contributed by atoms with van der Waals surface area (Å²) in [6.07, 6.45) is 3.83. The summed E-state index contributed by atoms with van der Waals surface area (Å²) >= 11 is 1.51. The summed E-state index contributed by atoms with van der Waals surface area (Å²) in [5.41, 5.74) is 1.54. The number of piperidine rings is 1. The Balaban J connectivity index is 1.60. The van der Waals surface area contributed by atoms with Gasteiger partial charge in [0.2, 0.25) is 0 Å². The highest BCUT2D eigenvalue weighted by Crippen LogP contribution is 2.23. The first kappa shape index (κ1) is 17.1. The van der Waals surface area contributed by atoms with Gasteiger partial charge in [-0.2, -0.15) is 0 Å². The Hall–Kier alpha value is -1.72. The lowest BCUT2D eigenvalue weighted by molar-refractivity contribution is 0.0795. The quantitative estimate of drug-likeness (QED) is 0.898. The topological polar surface area (TPSA) is 45.2 Å². The van der Waals surface area contributed by atoms with Crippen LogP contribution in [0.2, 0.25) is 0 Å². The number of benzene rings is 1. The molecule has 0 spiro atoms. The van der Waals surface area contributed by atoms with Gasteiger partial charge in [0, 0.05) is 23.0 Å². The summed E-state index contributed by atoms with van der Waals surface area (Å²) in [7, 11) is 0. The molecule has 1 amide bonds. The van der Waals surface area contributed by atoms with Crippen molar-refractivity contribution in [3.8, 4) is 10.6 Å². The maximum absolute atomic E-state index is 12.4. The summed E-state index contributed by atoms with van der Waals surface area (Å²) in [6, 6.07) is 9.97. The van der Waals surface area contributed by atoms with Crippen LogP contribution in [0.15, 0.2) is 35.7 Å². The number of thiazole rings is 1. The van der Waals surface area contributed by atoms with E-state index in [0.717, 1.165) is 23.7 Å². The maximum Gasteiger partial charge on any atom is 0.270 e. The zero-order chi connectivity index (χ0) is 17.0. The van der Waals surface area contributed by atoms with E-state index >= 15 is 0 Å². The summed E-state index contributed by atoms with van der Waals surface area (Å²) in [6.45, 7) is 7.30. The maximum atomic E-state index is 12.4. The Kier molecular flexibility index (Phi) is 5.31. The van der Waals surface area contributed by atoms with Crippen molar-refractivity contribution in [1.82, 2.24) is 15.2 Å². The number of hydrogen-bond donors (Lipinski definition) is 1. The Labute approximate surface area is 147 Å². The fraction of sp³-hybridized carbons (Fsp3) is 0.474. The third-order valence-electron chi connectivity index (χ3n) is 4.65. The molecule has 0 bridgehead atoms. The van der Waals surface area contributed by atoms with E-state index in [1.165, 1.54) is 30.6 Å². The smallest absolute Gasteiger partial charge is 0.270 e. The standard InChI is InChI=1S/C19H25N3OS/c1-19(2,22-11-7-4-8-12-22)14-20-17(23)16-13-24-18(21-16)15-9-5-3-6-10-15/h3,5-6,9-10,13H,4,7-8,11-12,14H2,1-2H3,(H,20,23). The van der Waals surface area contributed by atoms with E-state index in [0.29, 0.717) is 12.2 Å². The highest BCUT2D eigenvalue weighted by Gasteiger charge is 2.28. The lowest BCUT2D eigenvalue weighted by Crippen LogP contribution is -2.53. The SMILES string of the molecule is CC(C)(CNC(=O)c1csc(-c2ccccc2)n1)N1CCCCC1. The molecule has 24 heavy (non-hydrogen) atoms. The van der Waals surface area contributed by atoms with Gasteiger partial charge in [0.05, 0.1) is 0 Å². The third kappa shape index (κ3) is 4.02. The van der Waals surface area contributed by atoms with Crippen molar-refractivity contribution in [1.29, 1.82) is 0 Å². The largest absolute Gasteiger partial charge is 0.349 e. The number of likely N-dealkylation sites (tertiary alicyclic amines) is 1. The first-order valence-electron chi connectivity index (χ1n) is 8.60. The second-order valence-electron chi connectivity index (χ2n) is 6.95. The number of carbonyl (C=O) groups is 1. The van der Waals surface area contributed by atoms with Crippen LogP contribution >= 0.6 is 11.3 Å². The van der Waals surface area contributed by atoms with Crippen LogP contribution in [0.5, 0.6) is 0 Å². The van der Waals surface area contributed by atoms with Gasteiger partial charge in [-0.25, -0.2) is 4.98 Å². The van der Waals surface area contributed by atoms with Crippen LogP contribution in [-0.2, 0) is 0 Å². The monoisotopic (exact) mass is 343 g/mol. The summed E-state index contributed by atoms with van der Waals surface area (Å²) in [5.74, 6) is -0.0847. The lowest BCUT2D eigenvalue weighted by atomic mass is 9.98. The van der Waals surface area contributed by atoms with Crippen LogP contribution in [-0.4, -0.2) is 41.0 Å². The molecule has 1 aliphatic rings. The van der Waals surface area contributed by atoms with E-state index in [4.69, 9.17) is 0 Å². The first-order chi connectivity index (χ1) is 11.6. The molecule has 2 aromatic rings. The lowest BCUT2D eigenvalue weighted by Gasteiger charge is -2.41. The van der Waals surface area contributed by atoms with Gasteiger partial charge in [-0.1, -0.05) is 36.8 Å². The van der Waals surface area contributed by atoms with Crippen molar-refractivity contribution in [3.63, 3.8) is 0 Å². The molecule has 0 unspecified atom stereocenters. The molecule has 5 heteroatoms. The number of nitrogens with one attached hydrogen (secondary N) is 1. The average molecular weight is 343 g/mol. The zero-order valence-corrected chi connectivity index (χ0v) is 15.2. The van der Waals surface area contributed by atoms with E-state index in [1.54, 1.807) is 0 Å². The molecule has 128 valence electrons. The van der Waals surface area contributed by atoms with Crippen molar-refractivity contribution in [2.45, 2.75) is 38.6 Å². The van der Waals surface area contributed by atoms with Crippen molar-refractivity contribution in [2.75, 3.05) is 19.6 Å². The minimum Gasteiger partial charge on any atom is -0.349 e. The summed E-state index contributed by atoms with van der Waals surface area (Å²) in [5, 5.41) is 5.79. The molecule has 4 nitrogen and oxygen atoms in total. The van der Waals surface area contributed by atoms with Crippen LogP contribution < -0.4 is 5.32 Å². The van der Waals surface area contributed by atoms with Gasteiger partial charge in [-0.15, -0.1) is 11.3 Å². The second-order valence-corrected chi connectivity index (χ2v) is 7.80. The average Bonchev–Trinajstić information content (AvgIpc) is 3.11. The number of carbonyl (C=O) groups excluding carboxylic acids is 1. The molecule has 1 saturated heterocycles. The van der Waals surface area contributed by atoms with Crippen molar-refractivity contribution < 1.29 is 4.79 Å². The van der Waals surface area contributed by atoms with Crippen LogP contribution in [0.25, 0.3) is 10.6 Å². The minimum absolute atomic E-state index is 0.0195. The number of hydrogen-bond acceptors (Lipinski definition) is 4. The van der Waals surface area contributed by atoms with Gasteiger partial charge in [0.25, 0.3) is 5.91 Å². The van der Waals surface area contributed by atoms with Crippen LogP contribution in [0.1, 0.15) is 43.6 Å². The van der Waals surface area contributed by atoms with Crippen LogP contribution in [0.4, 0.5) is 0 Å². The van der Waals surface area contributed by atoms with Gasteiger partial charge in [0.15, 0.2) is 0 Å². The van der Waals surface area contributed by atoms with Gasteiger partial charge >= 0.3 is 0 Å². The predicted molar refractivity (Wildman–Crippen MR) is 99.4 cm³/mol. The Morgan fingerprint density at radius 3 is 2.62 bits per heavy atom. The zero-order valence-electron chi connectivity index (χ0n) is 14.4. The fourth-order valence-electron chi connectivity index (χ4n) is 3.09. The predicted octanol–water partition coefficient (Wildman–Crippen LogP) is 3.80. The van der Waals surface area contributed by atoms with Gasteiger partial charge in [0.1, 0.15) is 10.7 Å². The molecule has 1 aromatic carbocycles. The van der Waals surface area contributed by atoms with Gasteiger partial charge in [-0.3, -0.25) is 9.69 Å². The number of nitrogens with zero attached hydrogens (tertiary/aromatic N) is 2. The summed E-state index contributed by atoms with van der Waals surface area (Å²) < 4.78 is 0. The van der Waals surface area contributed by atoms with E-state index in [-0.39, 0.29) is 11.4 Å². The molecule has 1 aliphatic heterocycles. The molecule has 1 fully saturated rings. The Morgan fingerprint density at radius 2 is 1.92 bits per heavy atom. The summed E-state index contributed by atoms with van der Waals surface area (Å²) in [4.78, 5) is 19.4. The van der Waals surface area contributed by atoms with E-state index in [9.17, 15) is 4.79 Å². The fourth-order valence-corrected chi connectivity index (χ4v) is 3.90. The van der Waals surface area contributed by atoms with Gasteiger partial charge in [-0.05, 0) is 39.8 Å². The molecule has 3 rings (SSSR count).